The van der Waals surface area contributed by atoms with Crippen LogP contribution in [0.15, 0.2) is 53.0 Å². The van der Waals surface area contributed by atoms with Crippen molar-refractivity contribution in [3.8, 4) is 0 Å². The molecule has 62 heavy (non-hydrogen) atoms. The highest BCUT2D eigenvalue weighted by Crippen LogP contribution is 2.43. The van der Waals surface area contributed by atoms with Gasteiger partial charge in [-0.25, -0.2) is 4.57 Å². The fourth-order valence-corrected chi connectivity index (χ4v) is 7.48. The van der Waals surface area contributed by atoms with Gasteiger partial charge in [0.2, 0.25) is 0 Å². The van der Waals surface area contributed by atoms with Crippen molar-refractivity contribution in [1.29, 1.82) is 0 Å². The van der Waals surface area contributed by atoms with Gasteiger partial charge in [0, 0.05) is 32.2 Å². The zero-order valence-corrected chi connectivity index (χ0v) is 39.7. The summed E-state index contributed by atoms with van der Waals surface area (Å²) in [5, 5.41) is 20.3. The Morgan fingerprint density at radius 3 is 1.84 bits per heavy atom. The minimum atomic E-state index is -4.46. The third-order valence-electron chi connectivity index (χ3n) is 10.6. The molecule has 1 aromatic heterocycles. The van der Waals surface area contributed by atoms with E-state index in [-0.39, 0.29) is 32.6 Å². The van der Waals surface area contributed by atoms with E-state index in [2.05, 4.69) is 33.8 Å². The molecule has 0 spiro atoms. The van der Waals surface area contributed by atoms with Crippen molar-refractivity contribution in [2.75, 3.05) is 26.4 Å². The quantitative estimate of drug-likeness (QED) is 0.0161. The number of hydrogen-bond donors (Lipinski definition) is 4. The van der Waals surface area contributed by atoms with Crippen molar-refractivity contribution in [3.63, 3.8) is 0 Å². The Labute approximate surface area is 374 Å². The molecular weight excluding hydrogens is 810 g/mol. The monoisotopic (exact) mass is 894 g/mol. The van der Waals surface area contributed by atoms with E-state index in [0.717, 1.165) is 51.4 Å². The second-order valence-corrected chi connectivity index (χ2v) is 17.7. The Bertz CT molecular complexity index is 1470. The molecule has 1 heterocycles. The number of allylic oxidation sites excluding steroid dienone is 5. The van der Waals surface area contributed by atoms with Crippen molar-refractivity contribution < 1.29 is 52.2 Å². The Balaban J connectivity index is 2.32. The maximum atomic E-state index is 12.6. The van der Waals surface area contributed by atoms with Gasteiger partial charge in [0.05, 0.1) is 25.4 Å². The van der Waals surface area contributed by atoms with Gasteiger partial charge in [0.1, 0.15) is 18.1 Å². The van der Waals surface area contributed by atoms with E-state index >= 15 is 0 Å². The number of carbonyl (C=O) groups excluding carboxylic acids is 2. The highest BCUT2D eigenvalue weighted by molar-refractivity contribution is 7.47. The van der Waals surface area contributed by atoms with Crippen LogP contribution in [-0.2, 0) is 45.5 Å². The highest BCUT2D eigenvalue weighted by atomic mass is 31.2. The van der Waals surface area contributed by atoms with Crippen LogP contribution in [0, 0.1) is 13.8 Å². The molecule has 4 atom stereocenters. The van der Waals surface area contributed by atoms with Gasteiger partial charge in [-0.05, 0) is 76.3 Å². The molecule has 0 saturated carbocycles. The fraction of sp³-hybridized carbons (Fsp3) is 0.714. The van der Waals surface area contributed by atoms with E-state index in [1.807, 2.05) is 6.08 Å². The predicted octanol–water partition coefficient (Wildman–Crippen LogP) is 11.1. The third kappa shape index (κ3) is 31.1. The summed E-state index contributed by atoms with van der Waals surface area (Å²) in [7, 11) is -4.46. The molecule has 0 aliphatic rings. The number of aryl methyl sites for hydroxylation is 2. The third-order valence-corrected chi connectivity index (χ3v) is 11.6. The highest BCUT2D eigenvalue weighted by Gasteiger charge is 2.26. The van der Waals surface area contributed by atoms with Gasteiger partial charge in [-0.2, -0.15) is 0 Å². The summed E-state index contributed by atoms with van der Waals surface area (Å²) in [6.45, 7) is 7.71. The molecule has 0 saturated heterocycles. The zero-order chi connectivity index (χ0) is 45.7. The number of carbonyl (C=O) groups is 2. The number of unbranched alkanes of at least 4 members (excludes halogenated alkanes) is 14. The van der Waals surface area contributed by atoms with Gasteiger partial charge in [-0.3, -0.25) is 18.6 Å². The van der Waals surface area contributed by atoms with Crippen molar-refractivity contribution >= 4 is 19.8 Å². The van der Waals surface area contributed by atoms with E-state index < -0.39 is 44.7 Å². The topological polar surface area (TPSA) is 188 Å². The molecule has 0 aromatic carbocycles. The second-order valence-electron chi connectivity index (χ2n) is 16.3. The number of aliphatic hydroxyl groups excluding tert-OH is 2. The lowest BCUT2D eigenvalue weighted by Gasteiger charge is -2.20. The second kappa shape index (κ2) is 37.5. The van der Waals surface area contributed by atoms with Gasteiger partial charge in [0.15, 0.2) is 6.10 Å². The van der Waals surface area contributed by atoms with Crippen LogP contribution in [0.25, 0.3) is 0 Å². The molecule has 356 valence electrons. The molecule has 1 aromatic rings. The first kappa shape index (κ1) is 57.2. The average Bonchev–Trinajstić information content (AvgIpc) is 3.51. The average molecular weight is 894 g/mol. The number of esters is 2. The Morgan fingerprint density at radius 1 is 0.677 bits per heavy atom. The fourth-order valence-electron chi connectivity index (χ4n) is 6.71. The number of nitrogens with two attached hydrogens (primary N) is 1. The van der Waals surface area contributed by atoms with Gasteiger partial charge in [0.25, 0.3) is 0 Å². The van der Waals surface area contributed by atoms with Crippen molar-refractivity contribution in [1.82, 2.24) is 0 Å². The SMILES string of the molecule is CCCCC/C=C\C[C@H](O)/C=C/C=C/C=C\[C@H](O)CCCC(=O)O[C@H](COC(=O)CCCCCCCCCCCCc1oc(CCCCC)c(C)c1C)COP(=O)(O)OCCN. The molecule has 0 radical (unpaired) electrons. The van der Waals surface area contributed by atoms with Gasteiger partial charge < -0.3 is 34.7 Å². The summed E-state index contributed by atoms with van der Waals surface area (Å²) < 4.78 is 38.9. The van der Waals surface area contributed by atoms with Gasteiger partial charge in [-0.1, -0.05) is 140 Å². The lowest BCUT2D eigenvalue weighted by Crippen LogP contribution is -2.29. The maximum absolute atomic E-state index is 12.6. The Morgan fingerprint density at radius 2 is 1.23 bits per heavy atom. The van der Waals surface area contributed by atoms with Crippen LogP contribution in [0.3, 0.4) is 0 Å². The molecule has 0 fully saturated rings. The van der Waals surface area contributed by atoms with E-state index in [4.69, 9.17) is 28.7 Å². The van der Waals surface area contributed by atoms with Crippen LogP contribution in [0.4, 0.5) is 0 Å². The Hall–Kier alpha value is -2.83. The molecule has 0 aliphatic carbocycles. The zero-order valence-electron chi connectivity index (χ0n) is 38.8. The van der Waals surface area contributed by atoms with Gasteiger partial charge >= 0.3 is 19.8 Å². The molecule has 1 rings (SSSR count). The number of aliphatic hydroxyl groups is 2. The van der Waals surface area contributed by atoms with Crippen LogP contribution in [0.5, 0.6) is 0 Å². The lowest BCUT2D eigenvalue weighted by atomic mass is 10.0. The summed E-state index contributed by atoms with van der Waals surface area (Å²) in [5.74, 6) is 1.26. The molecule has 0 amide bonds. The summed E-state index contributed by atoms with van der Waals surface area (Å²) in [4.78, 5) is 35.1. The largest absolute Gasteiger partial charge is 0.472 e. The predicted molar refractivity (Wildman–Crippen MR) is 249 cm³/mol. The standard InChI is InChI=1S/C49H84NO11P/c1-5-7-9-10-17-23-29-43(51)30-24-20-21-25-31-44(52)32-28-36-49(54)60-45(40-59-62(55,56)58-38-37-50)39-57-48(53)35-27-19-16-14-12-11-13-15-18-26-34-47-42(4)41(3)46(61-47)33-22-8-6-2/h17,20-21,23-25,30-31,43-45,51-52H,5-16,18-19,22,26-29,32-40,50H2,1-4H3,(H,55,56)/b21-20+,23-17-,30-24+,31-25-/t43-,44-,45+/m0/s1. The molecule has 13 heteroatoms. The summed E-state index contributed by atoms with van der Waals surface area (Å²) in [6, 6.07) is 0. The molecule has 5 N–H and O–H groups in total. The van der Waals surface area contributed by atoms with Crippen molar-refractivity contribution in [2.24, 2.45) is 5.73 Å². The number of phosphoric ester groups is 1. The van der Waals surface area contributed by atoms with Gasteiger partial charge in [-0.15, -0.1) is 0 Å². The van der Waals surface area contributed by atoms with E-state index in [0.29, 0.717) is 25.7 Å². The lowest BCUT2D eigenvalue weighted by molar-refractivity contribution is -0.161. The van der Waals surface area contributed by atoms with Crippen LogP contribution in [-0.4, -0.2) is 71.7 Å². The summed E-state index contributed by atoms with van der Waals surface area (Å²) in [6.07, 6.45) is 34.5. The normalized spacial score (nSPS) is 14.6. The first-order valence-electron chi connectivity index (χ1n) is 23.7. The minimum Gasteiger partial charge on any atom is -0.466 e. The molecular formula is C49H84NO11P. The van der Waals surface area contributed by atoms with Crippen LogP contribution >= 0.6 is 7.82 Å². The first-order valence-corrected chi connectivity index (χ1v) is 25.2. The summed E-state index contributed by atoms with van der Waals surface area (Å²) >= 11 is 0. The molecule has 12 nitrogen and oxygen atoms in total. The van der Waals surface area contributed by atoms with Crippen molar-refractivity contribution in [2.45, 2.75) is 200 Å². The number of phosphoric acid groups is 1. The minimum absolute atomic E-state index is 0.00700. The number of rotatable bonds is 40. The first-order chi connectivity index (χ1) is 29.9. The Kier molecular flexibility index (Phi) is 34.6. The van der Waals surface area contributed by atoms with Crippen LogP contribution < -0.4 is 5.73 Å². The van der Waals surface area contributed by atoms with E-state index in [1.54, 1.807) is 36.5 Å². The summed E-state index contributed by atoms with van der Waals surface area (Å²) in [5.41, 5.74) is 8.01. The molecule has 0 aliphatic heterocycles. The molecule has 0 bridgehead atoms. The smallest absolute Gasteiger partial charge is 0.466 e. The van der Waals surface area contributed by atoms with Crippen molar-refractivity contribution in [3.05, 3.63) is 71.3 Å². The number of ether oxygens (including phenoxy) is 2. The number of furan rings is 1. The van der Waals surface area contributed by atoms with Crippen LogP contribution in [0.2, 0.25) is 0 Å². The molecule has 1 unspecified atom stereocenters. The van der Waals surface area contributed by atoms with Crippen LogP contribution in [0.1, 0.15) is 178 Å². The number of hydrogen-bond acceptors (Lipinski definition) is 11. The maximum Gasteiger partial charge on any atom is 0.472 e. The van der Waals surface area contributed by atoms with E-state index in [9.17, 15) is 29.3 Å². The van der Waals surface area contributed by atoms with E-state index in [1.165, 1.54) is 86.9 Å².